The Morgan fingerprint density at radius 1 is 1.29 bits per heavy atom. The molecule has 2 saturated heterocycles. The van der Waals surface area contributed by atoms with Crippen LogP contribution in [0, 0.1) is 23.2 Å². The van der Waals surface area contributed by atoms with E-state index < -0.39 is 12.1 Å². The molecule has 2 aliphatic heterocycles. The smallest absolute Gasteiger partial charge is 0.475 e. The van der Waals surface area contributed by atoms with Gasteiger partial charge in [0.25, 0.3) is 0 Å². The predicted octanol–water partition coefficient (Wildman–Crippen LogP) is 2.31. The molecule has 1 saturated carbocycles. The molecule has 7 nitrogen and oxygen atoms in total. The van der Waals surface area contributed by atoms with Crippen LogP contribution < -0.4 is 5.32 Å². The van der Waals surface area contributed by atoms with Gasteiger partial charge in [0.1, 0.15) is 0 Å². The molecule has 2 N–H and O–H groups in total. The number of nitriles is 1. The van der Waals surface area contributed by atoms with Crippen LogP contribution in [0.4, 0.5) is 13.2 Å². The molecule has 0 bridgehead atoms. The molecule has 0 spiro atoms. The first-order chi connectivity index (χ1) is 14.7. The monoisotopic (exact) mass is 439 g/mol. The summed E-state index contributed by atoms with van der Waals surface area (Å²) in [6.07, 6.45) is -2.00. The van der Waals surface area contributed by atoms with Gasteiger partial charge in [-0.1, -0.05) is 12.1 Å². The molecule has 10 heteroatoms. The summed E-state index contributed by atoms with van der Waals surface area (Å²) in [5.41, 5.74) is 1.84. The fourth-order valence-corrected chi connectivity index (χ4v) is 4.00. The molecule has 3 atom stereocenters. The summed E-state index contributed by atoms with van der Waals surface area (Å²) in [4.78, 5) is 23.5. The minimum atomic E-state index is -5.08. The lowest BCUT2D eigenvalue weighted by Crippen LogP contribution is -2.41. The van der Waals surface area contributed by atoms with E-state index in [0.717, 1.165) is 31.9 Å². The molecule has 2 heterocycles. The zero-order valence-electron chi connectivity index (χ0n) is 16.8. The van der Waals surface area contributed by atoms with Crippen molar-refractivity contribution in [2.24, 2.45) is 11.8 Å². The third kappa shape index (κ3) is 6.42. The summed E-state index contributed by atoms with van der Waals surface area (Å²) in [5, 5.41) is 19.4. The van der Waals surface area contributed by atoms with Crippen LogP contribution in [0.1, 0.15) is 30.4 Å². The summed E-state index contributed by atoms with van der Waals surface area (Å²) in [6.45, 7) is 3.13. The average Bonchev–Trinajstić information content (AvgIpc) is 3.27. The van der Waals surface area contributed by atoms with Crippen LogP contribution in [0.2, 0.25) is 0 Å². The van der Waals surface area contributed by atoms with Gasteiger partial charge in [0.2, 0.25) is 5.91 Å². The van der Waals surface area contributed by atoms with Crippen LogP contribution in [0.3, 0.4) is 0 Å². The van der Waals surface area contributed by atoms with E-state index in [9.17, 15) is 18.0 Å². The summed E-state index contributed by atoms with van der Waals surface area (Å²) in [5.74, 6) is -1.56. The van der Waals surface area contributed by atoms with E-state index >= 15 is 0 Å². The summed E-state index contributed by atoms with van der Waals surface area (Å²) < 4.78 is 37.4. The lowest BCUT2D eigenvalue weighted by molar-refractivity contribution is -0.192. The maximum Gasteiger partial charge on any atom is 0.490 e. The number of aliphatic carboxylic acids is 1. The predicted molar refractivity (Wildman–Crippen MR) is 103 cm³/mol. The lowest BCUT2D eigenvalue weighted by Gasteiger charge is -2.22. The molecule has 3 aliphatic rings. The van der Waals surface area contributed by atoms with Crippen molar-refractivity contribution in [3.05, 3.63) is 35.4 Å². The number of alkyl halides is 3. The summed E-state index contributed by atoms with van der Waals surface area (Å²) in [6, 6.07) is 10.5. The number of carbonyl (C=O) groups excluding carboxylic acids is 1. The van der Waals surface area contributed by atoms with Crippen LogP contribution in [-0.2, 0) is 20.9 Å². The number of benzene rings is 1. The Hall–Kier alpha value is -2.64. The first kappa shape index (κ1) is 23.0. The normalized spacial score (nSPS) is 25.2. The number of halogens is 3. The Morgan fingerprint density at radius 2 is 2.00 bits per heavy atom. The second-order valence-corrected chi connectivity index (χ2v) is 8.13. The first-order valence-corrected chi connectivity index (χ1v) is 10.1. The van der Waals surface area contributed by atoms with Crippen LogP contribution in [0.15, 0.2) is 24.3 Å². The highest BCUT2D eigenvalue weighted by Gasteiger charge is 2.46. The van der Waals surface area contributed by atoms with Crippen LogP contribution >= 0.6 is 0 Å². The van der Waals surface area contributed by atoms with E-state index in [0.29, 0.717) is 29.9 Å². The topological polar surface area (TPSA) is 103 Å². The van der Waals surface area contributed by atoms with Crippen LogP contribution in [0.25, 0.3) is 0 Å². The van der Waals surface area contributed by atoms with Crippen molar-refractivity contribution in [3.63, 3.8) is 0 Å². The van der Waals surface area contributed by atoms with Gasteiger partial charge in [0.05, 0.1) is 24.8 Å². The van der Waals surface area contributed by atoms with Gasteiger partial charge in [-0.05, 0) is 36.5 Å². The van der Waals surface area contributed by atoms with E-state index in [4.69, 9.17) is 19.9 Å². The van der Waals surface area contributed by atoms with Crippen molar-refractivity contribution in [1.82, 2.24) is 10.2 Å². The summed E-state index contributed by atoms with van der Waals surface area (Å²) in [7, 11) is 0. The molecule has 168 valence electrons. The lowest BCUT2D eigenvalue weighted by atomic mass is 9.99. The van der Waals surface area contributed by atoms with Crippen molar-refractivity contribution in [1.29, 1.82) is 5.26 Å². The van der Waals surface area contributed by atoms with E-state index in [-0.39, 0.29) is 11.9 Å². The van der Waals surface area contributed by atoms with Crippen molar-refractivity contribution in [2.75, 3.05) is 19.8 Å². The van der Waals surface area contributed by atoms with Crippen molar-refractivity contribution < 1.29 is 32.6 Å². The highest BCUT2D eigenvalue weighted by Crippen LogP contribution is 2.34. The number of fused-ring (bicyclic) bond motifs is 1. The molecule has 1 aliphatic carbocycles. The Balaban J connectivity index is 0.000000339. The molecule has 0 aromatic heterocycles. The van der Waals surface area contributed by atoms with E-state index in [1.807, 2.05) is 18.2 Å². The van der Waals surface area contributed by atoms with Crippen molar-refractivity contribution in [3.8, 4) is 6.07 Å². The zero-order chi connectivity index (χ0) is 22.6. The largest absolute Gasteiger partial charge is 0.490 e. The van der Waals surface area contributed by atoms with Gasteiger partial charge in [0.15, 0.2) is 0 Å². The molecule has 0 radical (unpaired) electrons. The highest BCUT2D eigenvalue weighted by molar-refractivity contribution is 5.77. The number of hydrogen-bond donors (Lipinski definition) is 2. The van der Waals surface area contributed by atoms with Gasteiger partial charge in [-0.25, -0.2) is 4.79 Å². The number of hydrogen-bond acceptors (Lipinski definition) is 5. The third-order valence-electron chi connectivity index (χ3n) is 5.71. The number of rotatable bonds is 5. The van der Waals surface area contributed by atoms with Gasteiger partial charge < -0.3 is 15.2 Å². The fraction of sp³-hybridized carbons (Fsp3) is 0.571. The fourth-order valence-electron chi connectivity index (χ4n) is 4.00. The number of carbonyl (C=O) groups is 2. The Kier molecular flexibility index (Phi) is 7.18. The average molecular weight is 439 g/mol. The molecule has 3 fully saturated rings. The number of carboxylic acid groups (broad SMARTS) is 1. The summed E-state index contributed by atoms with van der Waals surface area (Å²) >= 11 is 0. The van der Waals surface area contributed by atoms with E-state index in [1.54, 1.807) is 0 Å². The van der Waals surface area contributed by atoms with Crippen molar-refractivity contribution >= 4 is 11.9 Å². The van der Waals surface area contributed by atoms with E-state index in [2.05, 4.69) is 22.4 Å². The Labute approximate surface area is 177 Å². The van der Waals surface area contributed by atoms with Gasteiger partial charge in [-0.3, -0.25) is 9.69 Å². The van der Waals surface area contributed by atoms with Gasteiger partial charge in [-0.2, -0.15) is 18.4 Å². The number of amides is 1. The number of ether oxygens (including phenoxy) is 1. The third-order valence-corrected chi connectivity index (χ3v) is 5.71. The molecule has 0 unspecified atom stereocenters. The molecule has 1 amide bonds. The van der Waals surface area contributed by atoms with E-state index in [1.165, 1.54) is 12.8 Å². The number of nitrogens with zero attached hydrogens (tertiary/aromatic N) is 2. The Bertz CT molecular complexity index is 851. The van der Waals surface area contributed by atoms with Gasteiger partial charge in [-0.15, -0.1) is 0 Å². The number of carboxylic acids is 1. The standard InChI is InChI=1S/C19H23N3O2.C2HF3O2/c20-8-14-2-1-3-15(6-14)9-22-10-17(16-11-24-12-18(16)22)21-19(23)7-13-4-5-13;3-2(4,5)1(6)7/h1-3,6,13,16-18H,4-5,7,9-12H2,(H,21,23);(H,6,7)/t16-,17-,18-;/m1./s1. The number of likely N-dealkylation sites (tertiary alicyclic amines) is 1. The molecule has 4 rings (SSSR count). The molecular formula is C21H24F3N3O4. The molecule has 1 aromatic carbocycles. The Morgan fingerprint density at radius 3 is 2.61 bits per heavy atom. The minimum absolute atomic E-state index is 0.183. The van der Waals surface area contributed by atoms with Gasteiger partial charge >= 0.3 is 12.1 Å². The van der Waals surface area contributed by atoms with Crippen molar-refractivity contribution in [2.45, 2.75) is 44.1 Å². The van der Waals surface area contributed by atoms with Crippen LogP contribution in [-0.4, -0.2) is 59.9 Å². The molecular weight excluding hydrogens is 415 g/mol. The second kappa shape index (κ2) is 9.66. The molecule has 1 aromatic rings. The second-order valence-electron chi connectivity index (χ2n) is 8.13. The minimum Gasteiger partial charge on any atom is -0.475 e. The maximum absolute atomic E-state index is 12.2. The number of nitrogens with one attached hydrogen (secondary N) is 1. The van der Waals surface area contributed by atoms with Crippen LogP contribution in [0.5, 0.6) is 0 Å². The molecule has 31 heavy (non-hydrogen) atoms. The zero-order valence-corrected chi connectivity index (χ0v) is 16.8. The van der Waals surface area contributed by atoms with Gasteiger partial charge in [0, 0.05) is 37.5 Å². The SMILES string of the molecule is N#Cc1cccc(CN2C[C@@H](NC(=O)CC3CC3)[C@H]3COC[C@H]32)c1.O=C(O)C(F)(F)F. The first-order valence-electron chi connectivity index (χ1n) is 10.1. The maximum atomic E-state index is 12.2. The quantitative estimate of drug-likeness (QED) is 0.730. The highest BCUT2D eigenvalue weighted by atomic mass is 19.4.